The van der Waals surface area contributed by atoms with Gasteiger partial charge in [-0.15, -0.1) is 0 Å². The van der Waals surface area contributed by atoms with Crippen LogP contribution in [0.15, 0.2) is 18.2 Å². The maximum absolute atomic E-state index is 9.94. The van der Waals surface area contributed by atoms with E-state index in [0.29, 0.717) is 11.8 Å². The Morgan fingerprint density at radius 2 is 1.89 bits per heavy atom. The number of aryl methyl sites for hydroxylation is 1. The lowest BCUT2D eigenvalue weighted by molar-refractivity contribution is 0.347. The predicted octanol–water partition coefficient (Wildman–Crippen LogP) is 3.93. The van der Waals surface area contributed by atoms with E-state index in [9.17, 15) is 5.11 Å². The molecule has 2 heteroatoms. The van der Waals surface area contributed by atoms with Crippen molar-refractivity contribution in [3.63, 3.8) is 0 Å². The molecule has 18 heavy (non-hydrogen) atoms. The minimum atomic E-state index is 0.209. The molecule has 0 amide bonds. The number of benzene rings is 1. The normalized spacial score (nSPS) is 19.9. The molecule has 0 saturated heterocycles. The molecule has 1 aromatic carbocycles. The lowest BCUT2D eigenvalue weighted by atomic mass is 9.97. The van der Waals surface area contributed by atoms with Crippen LogP contribution >= 0.6 is 0 Å². The maximum atomic E-state index is 9.94. The third-order valence-electron chi connectivity index (χ3n) is 4.27. The lowest BCUT2D eigenvalue weighted by Gasteiger charge is -2.25. The van der Waals surface area contributed by atoms with Gasteiger partial charge in [0.1, 0.15) is 5.75 Å². The van der Waals surface area contributed by atoms with Gasteiger partial charge < -0.3 is 10.4 Å². The average molecular weight is 247 g/mol. The molecule has 1 saturated carbocycles. The van der Waals surface area contributed by atoms with Crippen LogP contribution < -0.4 is 5.32 Å². The van der Waals surface area contributed by atoms with Gasteiger partial charge in [0.05, 0.1) is 0 Å². The second-order valence-corrected chi connectivity index (χ2v) is 5.78. The summed E-state index contributed by atoms with van der Waals surface area (Å²) in [6, 6.07) is 6.56. The fourth-order valence-corrected chi connectivity index (χ4v) is 3.10. The van der Waals surface area contributed by atoms with E-state index in [1.807, 2.05) is 6.07 Å². The minimum Gasteiger partial charge on any atom is -0.508 e. The SMILES string of the molecule is Cc1ccc(O)c(C(C)NC(C)C2CCCC2)c1. The predicted molar refractivity (Wildman–Crippen MR) is 75.8 cm³/mol. The Balaban J connectivity index is 2.02. The summed E-state index contributed by atoms with van der Waals surface area (Å²) in [4.78, 5) is 0. The number of nitrogens with one attached hydrogen (secondary N) is 1. The molecule has 1 aliphatic rings. The van der Waals surface area contributed by atoms with Crippen LogP contribution in [-0.2, 0) is 0 Å². The number of hydrogen-bond acceptors (Lipinski definition) is 2. The van der Waals surface area contributed by atoms with Crippen LogP contribution in [0.5, 0.6) is 5.75 Å². The summed E-state index contributed by atoms with van der Waals surface area (Å²) >= 11 is 0. The summed E-state index contributed by atoms with van der Waals surface area (Å²) < 4.78 is 0. The highest BCUT2D eigenvalue weighted by atomic mass is 16.3. The lowest BCUT2D eigenvalue weighted by Crippen LogP contribution is -2.34. The molecule has 1 aromatic rings. The standard InChI is InChI=1S/C16H25NO/c1-11-8-9-16(18)15(10-11)13(3)17-12(2)14-6-4-5-7-14/h8-10,12-14,17-18H,4-7H2,1-3H3. The Morgan fingerprint density at radius 1 is 1.22 bits per heavy atom. The zero-order chi connectivity index (χ0) is 13.1. The number of phenols is 1. The van der Waals surface area contributed by atoms with Crippen molar-refractivity contribution in [2.24, 2.45) is 5.92 Å². The van der Waals surface area contributed by atoms with Crippen LogP contribution in [0.2, 0.25) is 0 Å². The smallest absolute Gasteiger partial charge is 0.120 e. The number of hydrogen-bond donors (Lipinski definition) is 2. The first-order valence-electron chi connectivity index (χ1n) is 7.13. The summed E-state index contributed by atoms with van der Waals surface area (Å²) in [6.07, 6.45) is 5.45. The van der Waals surface area contributed by atoms with Gasteiger partial charge in [0, 0.05) is 17.6 Å². The van der Waals surface area contributed by atoms with Gasteiger partial charge in [0.25, 0.3) is 0 Å². The largest absolute Gasteiger partial charge is 0.508 e. The molecule has 0 aliphatic heterocycles. The van der Waals surface area contributed by atoms with Crippen molar-refractivity contribution in [2.45, 2.75) is 58.5 Å². The van der Waals surface area contributed by atoms with Crippen LogP contribution in [0.25, 0.3) is 0 Å². The van der Waals surface area contributed by atoms with Gasteiger partial charge in [-0.3, -0.25) is 0 Å². The highest BCUT2D eigenvalue weighted by molar-refractivity contribution is 5.37. The molecule has 1 fully saturated rings. The molecule has 1 aliphatic carbocycles. The van der Waals surface area contributed by atoms with E-state index < -0.39 is 0 Å². The van der Waals surface area contributed by atoms with Crippen molar-refractivity contribution in [3.8, 4) is 5.75 Å². The molecule has 0 aromatic heterocycles. The van der Waals surface area contributed by atoms with Crippen LogP contribution in [-0.4, -0.2) is 11.1 Å². The van der Waals surface area contributed by atoms with Gasteiger partial charge in [0.2, 0.25) is 0 Å². The molecule has 0 bridgehead atoms. The fraction of sp³-hybridized carbons (Fsp3) is 0.625. The van der Waals surface area contributed by atoms with E-state index >= 15 is 0 Å². The Hall–Kier alpha value is -1.02. The molecule has 0 radical (unpaired) electrons. The first kappa shape index (κ1) is 13.4. The van der Waals surface area contributed by atoms with Crippen LogP contribution in [0.4, 0.5) is 0 Å². The van der Waals surface area contributed by atoms with E-state index in [1.165, 1.54) is 31.2 Å². The quantitative estimate of drug-likeness (QED) is 0.845. The van der Waals surface area contributed by atoms with Gasteiger partial charge >= 0.3 is 0 Å². The molecule has 2 unspecified atom stereocenters. The third kappa shape index (κ3) is 3.05. The Bertz CT molecular complexity index is 396. The summed E-state index contributed by atoms with van der Waals surface area (Å²) in [5.41, 5.74) is 2.21. The third-order valence-corrected chi connectivity index (χ3v) is 4.27. The van der Waals surface area contributed by atoms with E-state index in [2.05, 4.69) is 32.2 Å². The first-order chi connectivity index (χ1) is 8.58. The van der Waals surface area contributed by atoms with Gasteiger partial charge in [-0.1, -0.05) is 30.5 Å². The van der Waals surface area contributed by atoms with Gasteiger partial charge in [-0.25, -0.2) is 0 Å². The summed E-state index contributed by atoms with van der Waals surface area (Å²) in [6.45, 7) is 6.48. The summed E-state index contributed by atoms with van der Waals surface area (Å²) in [5.74, 6) is 1.21. The second kappa shape index (κ2) is 5.75. The minimum absolute atomic E-state index is 0.209. The van der Waals surface area contributed by atoms with E-state index in [0.717, 1.165) is 11.5 Å². The van der Waals surface area contributed by atoms with Gasteiger partial charge in [0.15, 0.2) is 0 Å². The topological polar surface area (TPSA) is 32.3 Å². The zero-order valence-corrected chi connectivity index (χ0v) is 11.7. The van der Waals surface area contributed by atoms with E-state index in [-0.39, 0.29) is 6.04 Å². The molecule has 2 atom stereocenters. The number of phenolic OH excluding ortho intramolecular Hbond substituents is 1. The molecular formula is C16H25NO. The highest BCUT2D eigenvalue weighted by Crippen LogP contribution is 2.30. The Labute approximate surface area is 110 Å². The van der Waals surface area contributed by atoms with E-state index in [1.54, 1.807) is 6.07 Å². The molecular weight excluding hydrogens is 222 g/mol. The Kier molecular flexibility index (Phi) is 4.28. The van der Waals surface area contributed by atoms with Crippen LogP contribution in [0, 0.1) is 12.8 Å². The molecule has 2 nitrogen and oxygen atoms in total. The Morgan fingerprint density at radius 3 is 2.56 bits per heavy atom. The first-order valence-corrected chi connectivity index (χ1v) is 7.13. The molecule has 0 heterocycles. The van der Waals surface area contributed by atoms with Crippen molar-refractivity contribution >= 4 is 0 Å². The molecule has 0 spiro atoms. The summed E-state index contributed by atoms with van der Waals surface area (Å²) in [5, 5.41) is 13.6. The maximum Gasteiger partial charge on any atom is 0.120 e. The van der Waals surface area contributed by atoms with Gasteiger partial charge in [-0.05, 0) is 45.6 Å². The summed E-state index contributed by atoms with van der Waals surface area (Å²) in [7, 11) is 0. The monoisotopic (exact) mass is 247 g/mol. The van der Waals surface area contributed by atoms with Crippen molar-refractivity contribution in [3.05, 3.63) is 29.3 Å². The fourth-order valence-electron chi connectivity index (χ4n) is 3.10. The molecule has 2 rings (SSSR count). The van der Waals surface area contributed by atoms with Crippen molar-refractivity contribution in [1.82, 2.24) is 5.32 Å². The van der Waals surface area contributed by atoms with Crippen molar-refractivity contribution in [1.29, 1.82) is 0 Å². The number of rotatable bonds is 4. The van der Waals surface area contributed by atoms with Crippen molar-refractivity contribution in [2.75, 3.05) is 0 Å². The molecule has 100 valence electrons. The van der Waals surface area contributed by atoms with E-state index in [4.69, 9.17) is 0 Å². The van der Waals surface area contributed by atoms with Crippen LogP contribution in [0.1, 0.15) is 56.7 Å². The average Bonchev–Trinajstić information content (AvgIpc) is 2.85. The van der Waals surface area contributed by atoms with Crippen LogP contribution in [0.3, 0.4) is 0 Å². The number of aromatic hydroxyl groups is 1. The second-order valence-electron chi connectivity index (χ2n) is 5.78. The van der Waals surface area contributed by atoms with Crippen molar-refractivity contribution < 1.29 is 5.11 Å². The molecule has 2 N–H and O–H groups in total. The highest BCUT2D eigenvalue weighted by Gasteiger charge is 2.23. The zero-order valence-electron chi connectivity index (χ0n) is 11.7. The van der Waals surface area contributed by atoms with Gasteiger partial charge in [-0.2, -0.15) is 0 Å².